The van der Waals surface area contributed by atoms with Crippen molar-refractivity contribution >= 4 is 5.97 Å². The molecule has 4 heteroatoms. The molecule has 0 aliphatic rings. The number of hydrogen-bond donors (Lipinski definition) is 1. The molecule has 0 bridgehead atoms. The first-order valence-corrected chi connectivity index (χ1v) is 4.24. The Kier molecular flexibility index (Phi) is 2.40. The Balaban J connectivity index is 3.00. The minimum atomic E-state index is -0.854. The first kappa shape index (κ1) is 9.77. The molecule has 0 aromatic carbocycles. The molecular formula is C9H14N2O2. The average molecular weight is 182 g/mol. The average Bonchev–Trinajstić information content (AvgIpc) is 2.51. The molecular weight excluding hydrogens is 168 g/mol. The van der Waals surface area contributed by atoms with E-state index in [0.717, 1.165) is 12.1 Å². The van der Waals surface area contributed by atoms with E-state index in [4.69, 9.17) is 5.11 Å². The first-order chi connectivity index (χ1) is 5.98. The summed E-state index contributed by atoms with van der Waals surface area (Å²) in [7, 11) is 0. The maximum atomic E-state index is 10.9. The summed E-state index contributed by atoms with van der Waals surface area (Å²) in [6.07, 6.45) is 3.38. The zero-order chi connectivity index (χ0) is 10.1. The maximum absolute atomic E-state index is 10.9. The SMILES string of the molecule is CCn1cc(C(C)(C)C(=O)O)cn1. The number of carbonyl (C=O) groups is 1. The van der Waals surface area contributed by atoms with Gasteiger partial charge in [-0.3, -0.25) is 9.48 Å². The Hall–Kier alpha value is -1.32. The highest BCUT2D eigenvalue weighted by atomic mass is 16.4. The molecule has 13 heavy (non-hydrogen) atoms. The van der Waals surface area contributed by atoms with Gasteiger partial charge in [0, 0.05) is 18.3 Å². The Labute approximate surface area is 77.2 Å². The normalized spacial score (nSPS) is 11.6. The van der Waals surface area contributed by atoms with E-state index in [0.29, 0.717) is 0 Å². The molecule has 0 amide bonds. The first-order valence-electron chi connectivity index (χ1n) is 4.24. The van der Waals surface area contributed by atoms with Crippen LogP contribution in [0.2, 0.25) is 0 Å². The fourth-order valence-electron chi connectivity index (χ4n) is 0.983. The molecule has 1 aromatic rings. The maximum Gasteiger partial charge on any atom is 0.313 e. The molecule has 1 aromatic heterocycles. The molecule has 0 fully saturated rings. The van der Waals surface area contributed by atoms with E-state index in [-0.39, 0.29) is 0 Å². The van der Waals surface area contributed by atoms with Gasteiger partial charge < -0.3 is 5.11 Å². The zero-order valence-corrected chi connectivity index (χ0v) is 8.11. The monoisotopic (exact) mass is 182 g/mol. The molecule has 0 aliphatic heterocycles. The summed E-state index contributed by atoms with van der Waals surface area (Å²) in [5.74, 6) is -0.830. The highest BCUT2D eigenvalue weighted by Crippen LogP contribution is 2.22. The molecule has 0 saturated carbocycles. The van der Waals surface area contributed by atoms with Crippen molar-refractivity contribution in [2.45, 2.75) is 32.7 Å². The predicted octanol–water partition coefficient (Wildman–Crippen LogP) is 1.27. The largest absolute Gasteiger partial charge is 0.481 e. The van der Waals surface area contributed by atoms with Gasteiger partial charge >= 0.3 is 5.97 Å². The minimum Gasteiger partial charge on any atom is -0.481 e. The number of aliphatic carboxylic acids is 1. The van der Waals surface area contributed by atoms with E-state index in [9.17, 15) is 4.79 Å². The van der Waals surface area contributed by atoms with E-state index < -0.39 is 11.4 Å². The van der Waals surface area contributed by atoms with Gasteiger partial charge in [-0.1, -0.05) is 0 Å². The van der Waals surface area contributed by atoms with Gasteiger partial charge in [-0.2, -0.15) is 5.10 Å². The highest BCUT2D eigenvalue weighted by Gasteiger charge is 2.30. The third kappa shape index (κ3) is 1.71. The van der Waals surface area contributed by atoms with Gasteiger partial charge in [0.2, 0.25) is 0 Å². The Morgan fingerprint density at radius 2 is 2.31 bits per heavy atom. The molecule has 72 valence electrons. The number of hydrogen-bond acceptors (Lipinski definition) is 2. The fraction of sp³-hybridized carbons (Fsp3) is 0.556. The van der Waals surface area contributed by atoms with Gasteiger partial charge in [-0.25, -0.2) is 0 Å². The molecule has 0 saturated heterocycles. The van der Waals surface area contributed by atoms with Crippen molar-refractivity contribution in [2.24, 2.45) is 0 Å². The smallest absolute Gasteiger partial charge is 0.313 e. The molecule has 1 rings (SSSR count). The second-order valence-electron chi connectivity index (χ2n) is 3.51. The molecule has 1 heterocycles. The summed E-state index contributed by atoms with van der Waals surface area (Å²) in [6.45, 7) is 6.07. The lowest BCUT2D eigenvalue weighted by Gasteiger charge is -2.16. The number of aryl methyl sites for hydroxylation is 1. The standard InChI is InChI=1S/C9H14N2O2/c1-4-11-6-7(5-10-11)9(2,3)8(12)13/h5-6H,4H2,1-3H3,(H,12,13). The van der Waals surface area contributed by atoms with E-state index in [1.54, 1.807) is 30.9 Å². The lowest BCUT2D eigenvalue weighted by atomic mass is 9.87. The van der Waals surface area contributed by atoms with Crippen molar-refractivity contribution in [2.75, 3.05) is 0 Å². The third-order valence-electron chi connectivity index (χ3n) is 2.21. The van der Waals surface area contributed by atoms with Crippen molar-refractivity contribution in [3.8, 4) is 0 Å². The molecule has 1 N–H and O–H groups in total. The minimum absolute atomic E-state index is 0.738. The summed E-state index contributed by atoms with van der Waals surface area (Å²) < 4.78 is 1.72. The van der Waals surface area contributed by atoms with Gasteiger partial charge in [0.15, 0.2) is 0 Å². The third-order valence-corrected chi connectivity index (χ3v) is 2.21. The van der Waals surface area contributed by atoms with Gasteiger partial charge in [-0.15, -0.1) is 0 Å². The highest BCUT2D eigenvalue weighted by molar-refractivity contribution is 5.79. The van der Waals surface area contributed by atoms with Crippen LogP contribution in [0.5, 0.6) is 0 Å². The molecule has 0 atom stereocenters. The van der Waals surface area contributed by atoms with Crippen LogP contribution in [0, 0.1) is 0 Å². The molecule has 0 spiro atoms. The zero-order valence-electron chi connectivity index (χ0n) is 8.11. The summed E-state index contributed by atoms with van der Waals surface area (Å²) >= 11 is 0. The van der Waals surface area contributed by atoms with E-state index in [1.807, 2.05) is 6.92 Å². The number of carboxylic acids is 1. The number of rotatable bonds is 3. The predicted molar refractivity (Wildman–Crippen MR) is 48.6 cm³/mol. The molecule has 0 unspecified atom stereocenters. The second-order valence-corrected chi connectivity index (χ2v) is 3.51. The number of nitrogens with zero attached hydrogens (tertiary/aromatic N) is 2. The van der Waals surface area contributed by atoms with Crippen molar-refractivity contribution in [1.82, 2.24) is 9.78 Å². The van der Waals surface area contributed by atoms with Crippen LogP contribution in [0.3, 0.4) is 0 Å². The number of aromatic nitrogens is 2. The summed E-state index contributed by atoms with van der Waals surface area (Å²) in [5.41, 5.74) is -0.116. The Morgan fingerprint density at radius 3 is 2.69 bits per heavy atom. The molecule has 0 radical (unpaired) electrons. The van der Waals surface area contributed by atoms with Crippen molar-refractivity contribution in [3.63, 3.8) is 0 Å². The van der Waals surface area contributed by atoms with Crippen LogP contribution in [0.1, 0.15) is 26.3 Å². The van der Waals surface area contributed by atoms with Crippen LogP contribution in [0.15, 0.2) is 12.4 Å². The van der Waals surface area contributed by atoms with Crippen LogP contribution in [-0.2, 0) is 16.8 Å². The van der Waals surface area contributed by atoms with Crippen molar-refractivity contribution in [1.29, 1.82) is 0 Å². The second kappa shape index (κ2) is 3.20. The fourth-order valence-corrected chi connectivity index (χ4v) is 0.983. The van der Waals surface area contributed by atoms with Gasteiger partial charge in [-0.05, 0) is 20.8 Å². The lowest BCUT2D eigenvalue weighted by molar-refractivity contribution is -0.142. The Morgan fingerprint density at radius 1 is 1.69 bits per heavy atom. The van der Waals surface area contributed by atoms with E-state index in [2.05, 4.69) is 5.10 Å². The molecule has 4 nitrogen and oxygen atoms in total. The summed E-state index contributed by atoms with van der Waals surface area (Å²) in [5, 5.41) is 13.0. The van der Waals surface area contributed by atoms with Crippen LogP contribution >= 0.6 is 0 Å². The van der Waals surface area contributed by atoms with Crippen LogP contribution in [0.4, 0.5) is 0 Å². The summed E-state index contributed by atoms with van der Waals surface area (Å²) in [4.78, 5) is 10.9. The Bertz CT molecular complexity index is 315. The van der Waals surface area contributed by atoms with Gasteiger partial charge in [0.1, 0.15) is 0 Å². The quantitative estimate of drug-likeness (QED) is 0.765. The van der Waals surface area contributed by atoms with Crippen LogP contribution < -0.4 is 0 Å². The van der Waals surface area contributed by atoms with Crippen LogP contribution in [0.25, 0.3) is 0 Å². The topological polar surface area (TPSA) is 55.1 Å². The van der Waals surface area contributed by atoms with E-state index in [1.165, 1.54) is 0 Å². The van der Waals surface area contributed by atoms with Crippen molar-refractivity contribution in [3.05, 3.63) is 18.0 Å². The lowest BCUT2D eigenvalue weighted by Crippen LogP contribution is -2.27. The van der Waals surface area contributed by atoms with E-state index >= 15 is 0 Å². The number of carboxylic acid groups (broad SMARTS) is 1. The summed E-state index contributed by atoms with van der Waals surface area (Å²) in [6, 6.07) is 0. The van der Waals surface area contributed by atoms with Gasteiger partial charge in [0.25, 0.3) is 0 Å². The van der Waals surface area contributed by atoms with Crippen molar-refractivity contribution < 1.29 is 9.90 Å². The molecule has 0 aliphatic carbocycles. The van der Waals surface area contributed by atoms with Crippen LogP contribution in [-0.4, -0.2) is 20.9 Å². The van der Waals surface area contributed by atoms with Gasteiger partial charge in [0.05, 0.1) is 11.6 Å².